The minimum Gasteiger partial charge on any atom is -0.356 e. The van der Waals surface area contributed by atoms with E-state index < -0.39 is 10.0 Å². The van der Waals surface area contributed by atoms with Crippen LogP contribution in [0.4, 0.5) is 0 Å². The lowest BCUT2D eigenvalue weighted by molar-refractivity contribution is -0.121. The van der Waals surface area contributed by atoms with Gasteiger partial charge in [-0.25, -0.2) is 8.42 Å². The summed E-state index contributed by atoms with van der Waals surface area (Å²) in [5.41, 5.74) is 0.636. The number of benzene rings is 1. The summed E-state index contributed by atoms with van der Waals surface area (Å²) in [7, 11) is -3.47. The van der Waals surface area contributed by atoms with Gasteiger partial charge < -0.3 is 10.2 Å². The maximum absolute atomic E-state index is 12.1. The first-order chi connectivity index (χ1) is 15.0. The van der Waals surface area contributed by atoms with E-state index in [9.17, 15) is 13.2 Å². The number of carbonyl (C=O) groups is 1. The molecule has 1 amide bonds. The Morgan fingerprint density at radius 3 is 2.71 bits per heavy atom. The largest absolute Gasteiger partial charge is 0.356 e. The summed E-state index contributed by atoms with van der Waals surface area (Å²) in [4.78, 5) is 19.2. The van der Waals surface area contributed by atoms with Crippen molar-refractivity contribution in [2.45, 2.75) is 63.2 Å². The Balaban J connectivity index is 1.21. The number of hydrogen-bond acceptors (Lipinski definition) is 5. The van der Waals surface area contributed by atoms with Crippen molar-refractivity contribution in [3.63, 3.8) is 0 Å². The van der Waals surface area contributed by atoms with Crippen molar-refractivity contribution < 1.29 is 13.2 Å². The molecule has 0 unspecified atom stereocenters. The van der Waals surface area contributed by atoms with Gasteiger partial charge in [0.25, 0.3) is 10.0 Å². The highest BCUT2D eigenvalue weighted by atomic mass is 32.2. The molecule has 3 rings (SSSR count). The average Bonchev–Trinajstić information content (AvgIpc) is 3.02. The Bertz CT molecular complexity index is 861. The van der Waals surface area contributed by atoms with E-state index in [2.05, 4.69) is 26.9 Å². The molecule has 172 valence electrons. The first kappa shape index (κ1) is 23.7. The average molecular weight is 449 g/mol. The Labute approximate surface area is 186 Å². The van der Waals surface area contributed by atoms with Gasteiger partial charge in [0.2, 0.25) is 5.91 Å². The molecule has 0 aliphatic carbocycles. The van der Waals surface area contributed by atoms with Crippen LogP contribution in [-0.4, -0.2) is 57.8 Å². The van der Waals surface area contributed by atoms with Crippen molar-refractivity contribution in [2.75, 3.05) is 32.7 Å². The quantitative estimate of drug-likeness (QED) is 0.509. The van der Waals surface area contributed by atoms with E-state index in [1.165, 1.54) is 25.9 Å². The van der Waals surface area contributed by atoms with Gasteiger partial charge in [-0.2, -0.15) is 0 Å². The zero-order valence-electron chi connectivity index (χ0n) is 18.6. The Morgan fingerprint density at radius 2 is 1.90 bits per heavy atom. The van der Waals surface area contributed by atoms with Gasteiger partial charge in [-0.05, 0) is 76.2 Å². The number of rotatable bonds is 11. The van der Waals surface area contributed by atoms with Gasteiger partial charge in [-0.1, -0.05) is 25.5 Å². The number of sulfonamides is 1. The zero-order chi connectivity index (χ0) is 22.1. The third-order valence-electron chi connectivity index (χ3n) is 6.09. The SMILES string of the molecule is CC1CCN(CCCCNC(=O)CCCCCN=C2NS(=O)(=O)c3ccccc32)CC1. The minimum absolute atomic E-state index is 0.121. The number of aliphatic imine (C=N–C) groups is 1. The summed E-state index contributed by atoms with van der Waals surface area (Å²) >= 11 is 0. The number of nitrogens with zero attached hydrogens (tertiary/aromatic N) is 2. The molecule has 0 spiro atoms. The molecule has 31 heavy (non-hydrogen) atoms. The van der Waals surface area contributed by atoms with Crippen LogP contribution in [0.15, 0.2) is 34.2 Å². The second-order valence-electron chi connectivity index (χ2n) is 8.72. The molecule has 0 aromatic heterocycles. The maximum atomic E-state index is 12.1. The highest BCUT2D eigenvalue weighted by Crippen LogP contribution is 2.22. The molecule has 0 radical (unpaired) electrons. The second kappa shape index (κ2) is 11.6. The van der Waals surface area contributed by atoms with Gasteiger partial charge in [-0.15, -0.1) is 0 Å². The van der Waals surface area contributed by atoms with Gasteiger partial charge in [0.05, 0.1) is 4.90 Å². The monoisotopic (exact) mass is 448 g/mol. The molecule has 0 atom stereocenters. The number of unbranched alkanes of at least 4 members (excludes halogenated alkanes) is 3. The summed E-state index contributed by atoms with van der Waals surface area (Å²) < 4.78 is 26.6. The molecule has 1 aromatic carbocycles. The van der Waals surface area contributed by atoms with Crippen LogP contribution < -0.4 is 10.0 Å². The van der Waals surface area contributed by atoms with E-state index in [0.29, 0.717) is 24.4 Å². The third kappa shape index (κ3) is 7.31. The number of nitrogens with one attached hydrogen (secondary N) is 2. The van der Waals surface area contributed by atoms with Crippen molar-refractivity contribution in [1.29, 1.82) is 0 Å². The second-order valence-corrected chi connectivity index (χ2v) is 10.4. The van der Waals surface area contributed by atoms with Crippen LogP contribution in [0.25, 0.3) is 0 Å². The highest BCUT2D eigenvalue weighted by Gasteiger charge is 2.29. The number of hydrogen-bond donors (Lipinski definition) is 2. The van der Waals surface area contributed by atoms with E-state index >= 15 is 0 Å². The lowest BCUT2D eigenvalue weighted by Crippen LogP contribution is -2.34. The molecular formula is C23H36N4O3S. The number of amidine groups is 1. The van der Waals surface area contributed by atoms with Gasteiger partial charge in [0, 0.05) is 25.1 Å². The Morgan fingerprint density at radius 1 is 1.13 bits per heavy atom. The van der Waals surface area contributed by atoms with E-state index in [-0.39, 0.29) is 10.8 Å². The summed E-state index contributed by atoms with van der Waals surface area (Å²) in [6.07, 6.45) is 7.88. The van der Waals surface area contributed by atoms with Crippen molar-refractivity contribution in [2.24, 2.45) is 10.9 Å². The third-order valence-corrected chi connectivity index (χ3v) is 7.49. The van der Waals surface area contributed by atoms with Crippen molar-refractivity contribution in [1.82, 2.24) is 14.9 Å². The minimum atomic E-state index is -3.47. The molecule has 1 fully saturated rings. The summed E-state index contributed by atoms with van der Waals surface area (Å²) in [6, 6.07) is 6.88. The topological polar surface area (TPSA) is 90.9 Å². The molecule has 1 saturated heterocycles. The molecule has 2 N–H and O–H groups in total. The van der Waals surface area contributed by atoms with Crippen molar-refractivity contribution in [3.8, 4) is 0 Å². The Kier molecular flexibility index (Phi) is 8.90. The number of fused-ring (bicyclic) bond motifs is 1. The van der Waals surface area contributed by atoms with Gasteiger partial charge in [0.1, 0.15) is 5.84 Å². The predicted molar refractivity (Wildman–Crippen MR) is 124 cm³/mol. The fourth-order valence-corrected chi connectivity index (χ4v) is 5.33. The molecular weight excluding hydrogens is 412 g/mol. The smallest absolute Gasteiger partial charge is 0.263 e. The summed E-state index contributed by atoms with van der Waals surface area (Å²) in [5, 5.41) is 3.02. The number of carbonyl (C=O) groups excluding carboxylic acids is 1. The van der Waals surface area contributed by atoms with Crippen molar-refractivity contribution >= 4 is 21.8 Å². The standard InChI is InChI=1S/C23H36N4O3S/c1-19-12-17-27(18-13-19)16-8-7-14-24-22(28)11-3-2-6-15-25-23-20-9-4-5-10-21(20)31(29,30)26-23/h4-5,9-10,19H,2-3,6-8,11-18H2,1H3,(H,24,28)(H,25,26). The fourth-order valence-electron chi connectivity index (χ4n) is 4.08. The fraction of sp³-hybridized carbons (Fsp3) is 0.652. The van der Waals surface area contributed by atoms with Crippen LogP contribution in [0, 0.1) is 5.92 Å². The van der Waals surface area contributed by atoms with Crippen LogP contribution in [-0.2, 0) is 14.8 Å². The summed E-state index contributed by atoms with van der Waals surface area (Å²) in [6.45, 7) is 7.22. The maximum Gasteiger partial charge on any atom is 0.263 e. The molecule has 1 aromatic rings. The molecule has 2 aliphatic heterocycles. The molecule has 0 saturated carbocycles. The number of piperidine rings is 1. The van der Waals surface area contributed by atoms with Gasteiger partial charge in [0.15, 0.2) is 0 Å². The molecule has 2 aliphatic rings. The van der Waals surface area contributed by atoms with E-state index in [1.54, 1.807) is 18.2 Å². The first-order valence-corrected chi connectivity index (χ1v) is 13.1. The molecule has 2 heterocycles. The van der Waals surface area contributed by atoms with Crippen LogP contribution in [0.3, 0.4) is 0 Å². The lowest BCUT2D eigenvalue weighted by atomic mass is 9.99. The van der Waals surface area contributed by atoms with Crippen molar-refractivity contribution in [3.05, 3.63) is 29.8 Å². The van der Waals surface area contributed by atoms with Crippen LogP contribution in [0.5, 0.6) is 0 Å². The molecule has 8 heteroatoms. The zero-order valence-corrected chi connectivity index (χ0v) is 19.4. The normalized spacial score (nSPS) is 19.8. The molecule has 0 bridgehead atoms. The van der Waals surface area contributed by atoms with E-state index in [4.69, 9.17) is 0 Å². The summed E-state index contributed by atoms with van der Waals surface area (Å²) in [5.74, 6) is 1.42. The van der Waals surface area contributed by atoms with Crippen LogP contribution in [0.1, 0.15) is 63.9 Å². The number of likely N-dealkylation sites (tertiary alicyclic amines) is 1. The van der Waals surface area contributed by atoms with E-state index in [0.717, 1.165) is 51.1 Å². The first-order valence-electron chi connectivity index (χ1n) is 11.6. The van der Waals surface area contributed by atoms with Gasteiger partial charge >= 0.3 is 0 Å². The Hall–Kier alpha value is -1.93. The lowest BCUT2D eigenvalue weighted by Gasteiger charge is -2.30. The van der Waals surface area contributed by atoms with Gasteiger partial charge in [-0.3, -0.25) is 14.5 Å². The van der Waals surface area contributed by atoms with Crippen LogP contribution >= 0.6 is 0 Å². The number of amides is 1. The highest BCUT2D eigenvalue weighted by molar-refractivity contribution is 7.90. The van der Waals surface area contributed by atoms with Crippen LogP contribution in [0.2, 0.25) is 0 Å². The van der Waals surface area contributed by atoms with E-state index in [1.807, 2.05) is 6.07 Å². The molecule has 7 nitrogen and oxygen atoms in total. The predicted octanol–water partition coefficient (Wildman–Crippen LogP) is 2.91.